The van der Waals surface area contributed by atoms with Crippen LogP contribution < -0.4 is 5.32 Å². The second-order valence-corrected chi connectivity index (χ2v) is 6.92. The number of aryl methyl sites for hydroxylation is 1. The number of hydrogen-bond donors (Lipinski definition) is 1. The molecule has 128 valence electrons. The number of thioether (sulfide) groups is 1. The topological polar surface area (TPSA) is 75.7 Å². The van der Waals surface area contributed by atoms with Crippen LogP contribution >= 0.6 is 27.7 Å². The van der Waals surface area contributed by atoms with Crippen LogP contribution in [-0.2, 0) is 19.1 Å². The van der Waals surface area contributed by atoms with Crippen molar-refractivity contribution < 1.29 is 19.1 Å². The van der Waals surface area contributed by atoms with Gasteiger partial charge in [0, 0.05) is 10.2 Å². The minimum absolute atomic E-state index is 0.146. The van der Waals surface area contributed by atoms with Gasteiger partial charge in [0.1, 0.15) is 6.54 Å². The van der Waals surface area contributed by atoms with E-state index in [-0.39, 0.29) is 30.7 Å². The molecule has 6 nitrogen and oxygen atoms in total. The van der Waals surface area contributed by atoms with E-state index in [4.69, 9.17) is 4.74 Å². The van der Waals surface area contributed by atoms with E-state index in [0.29, 0.717) is 10.7 Å². The van der Waals surface area contributed by atoms with Crippen LogP contribution in [0.1, 0.15) is 12.5 Å². The van der Waals surface area contributed by atoms with Gasteiger partial charge in [-0.2, -0.15) is 0 Å². The Hall–Kier alpha value is -1.80. The Morgan fingerprint density at radius 3 is 2.88 bits per heavy atom. The third-order valence-electron chi connectivity index (χ3n) is 3.20. The highest BCUT2D eigenvalue weighted by Gasteiger charge is 2.29. The smallest absolute Gasteiger partial charge is 0.333 e. The first-order valence-corrected chi connectivity index (χ1v) is 9.06. The van der Waals surface area contributed by atoms with Crippen LogP contribution in [0.5, 0.6) is 0 Å². The van der Waals surface area contributed by atoms with E-state index < -0.39 is 5.97 Å². The number of carbonyl (C=O) groups is 3. The highest BCUT2D eigenvalue weighted by molar-refractivity contribution is 9.10. The van der Waals surface area contributed by atoms with Gasteiger partial charge in [-0.3, -0.25) is 14.5 Å². The Morgan fingerprint density at radius 2 is 2.21 bits per heavy atom. The molecule has 0 bridgehead atoms. The zero-order valence-electron chi connectivity index (χ0n) is 13.3. The lowest BCUT2D eigenvalue weighted by Gasteiger charge is -2.17. The molecule has 0 saturated carbocycles. The SMILES string of the molecule is CCOC(=O)/C=C1\SCC(=O)N1CC(=O)Nc1ccc(Br)cc1C. The third-order valence-corrected chi connectivity index (χ3v) is 4.72. The van der Waals surface area contributed by atoms with E-state index >= 15 is 0 Å². The number of anilines is 1. The van der Waals surface area contributed by atoms with Gasteiger partial charge in [0.2, 0.25) is 11.8 Å². The molecule has 1 aromatic rings. The zero-order valence-corrected chi connectivity index (χ0v) is 15.7. The van der Waals surface area contributed by atoms with Crippen LogP contribution in [0.2, 0.25) is 0 Å². The van der Waals surface area contributed by atoms with Gasteiger partial charge in [-0.1, -0.05) is 27.7 Å². The lowest BCUT2D eigenvalue weighted by Crippen LogP contribution is -2.34. The van der Waals surface area contributed by atoms with Crippen molar-refractivity contribution in [3.8, 4) is 0 Å². The highest BCUT2D eigenvalue weighted by atomic mass is 79.9. The largest absolute Gasteiger partial charge is 0.463 e. The maximum atomic E-state index is 12.2. The van der Waals surface area contributed by atoms with Crippen LogP contribution in [0.15, 0.2) is 33.8 Å². The molecular formula is C16H17BrN2O4S. The van der Waals surface area contributed by atoms with E-state index in [0.717, 1.165) is 10.0 Å². The molecular weight excluding hydrogens is 396 g/mol. The molecule has 1 aliphatic heterocycles. The number of benzene rings is 1. The summed E-state index contributed by atoms with van der Waals surface area (Å²) < 4.78 is 5.76. The first-order valence-electron chi connectivity index (χ1n) is 7.28. The molecule has 0 aromatic heterocycles. The average Bonchev–Trinajstić information content (AvgIpc) is 2.83. The van der Waals surface area contributed by atoms with Gasteiger partial charge in [-0.15, -0.1) is 0 Å². The minimum atomic E-state index is -0.524. The summed E-state index contributed by atoms with van der Waals surface area (Å²) >= 11 is 4.58. The lowest BCUT2D eigenvalue weighted by atomic mass is 10.2. The van der Waals surface area contributed by atoms with Crippen molar-refractivity contribution in [3.63, 3.8) is 0 Å². The molecule has 0 atom stereocenters. The number of halogens is 1. The van der Waals surface area contributed by atoms with Crippen molar-refractivity contribution in [1.29, 1.82) is 0 Å². The van der Waals surface area contributed by atoms with Crippen molar-refractivity contribution in [2.24, 2.45) is 0 Å². The highest BCUT2D eigenvalue weighted by Crippen LogP contribution is 2.28. The molecule has 0 unspecified atom stereocenters. The van der Waals surface area contributed by atoms with Crippen molar-refractivity contribution >= 4 is 51.2 Å². The Labute approximate surface area is 152 Å². The van der Waals surface area contributed by atoms with Gasteiger partial charge in [-0.25, -0.2) is 4.79 Å². The lowest BCUT2D eigenvalue weighted by molar-refractivity contribution is -0.137. The van der Waals surface area contributed by atoms with Crippen molar-refractivity contribution in [2.45, 2.75) is 13.8 Å². The molecule has 0 radical (unpaired) electrons. The molecule has 1 fully saturated rings. The molecule has 0 aliphatic carbocycles. The molecule has 24 heavy (non-hydrogen) atoms. The van der Waals surface area contributed by atoms with E-state index in [2.05, 4.69) is 21.2 Å². The van der Waals surface area contributed by atoms with Gasteiger partial charge in [-0.05, 0) is 37.6 Å². The van der Waals surface area contributed by atoms with E-state index in [1.54, 1.807) is 13.0 Å². The van der Waals surface area contributed by atoms with Gasteiger partial charge >= 0.3 is 5.97 Å². The summed E-state index contributed by atoms with van der Waals surface area (Å²) in [6, 6.07) is 5.50. The van der Waals surface area contributed by atoms with Crippen LogP contribution in [0.4, 0.5) is 5.69 Å². The van der Waals surface area contributed by atoms with Gasteiger partial charge in [0.05, 0.1) is 23.5 Å². The van der Waals surface area contributed by atoms with Crippen molar-refractivity contribution in [1.82, 2.24) is 4.90 Å². The predicted molar refractivity (Wildman–Crippen MR) is 96.4 cm³/mol. The summed E-state index contributed by atoms with van der Waals surface area (Å²) in [5, 5.41) is 3.21. The first-order chi connectivity index (χ1) is 11.4. The molecule has 0 spiro atoms. The zero-order chi connectivity index (χ0) is 17.7. The first kappa shape index (κ1) is 18.5. The normalized spacial score (nSPS) is 15.7. The summed E-state index contributed by atoms with van der Waals surface area (Å²) in [5.74, 6) is -0.858. The molecule has 2 rings (SSSR count). The summed E-state index contributed by atoms with van der Waals surface area (Å²) in [7, 11) is 0. The van der Waals surface area contributed by atoms with Crippen molar-refractivity contribution in [2.75, 3.05) is 24.2 Å². The maximum absolute atomic E-state index is 12.2. The fourth-order valence-electron chi connectivity index (χ4n) is 2.09. The number of amides is 2. The standard InChI is InChI=1S/C16H17BrN2O4S/c1-3-23-16(22)7-15-19(14(21)9-24-15)8-13(20)18-12-5-4-11(17)6-10(12)2/h4-7H,3,8-9H2,1-2H3,(H,18,20)/b15-7-. The van der Waals surface area contributed by atoms with E-state index in [9.17, 15) is 14.4 Å². The molecule has 1 heterocycles. The number of ether oxygens (including phenoxy) is 1. The van der Waals surface area contributed by atoms with Crippen LogP contribution in [-0.4, -0.2) is 41.6 Å². The average molecular weight is 413 g/mol. The fourth-order valence-corrected chi connectivity index (χ4v) is 3.49. The second-order valence-electron chi connectivity index (χ2n) is 5.01. The Kier molecular flexibility index (Phi) is 6.44. The number of carbonyl (C=O) groups excluding carboxylic acids is 3. The summed E-state index contributed by atoms with van der Waals surface area (Å²) in [6.07, 6.45) is 1.25. The number of nitrogens with zero attached hydrogens (tertiary/aromatic N) is 1. The fraction of sp³-hybridized carbons (Fsp3) is 0.312. The molecule has 1 aliphatic rings. The minimum Gasteiger partial charge on any atom is -0.463 e. The van der Waals surface area contributed by atoms with Crippen molar-refractivity contribution in [3.05, 3.63) is 39.3 Å². The second kappa shape index (κ2) is 8.34. The number of esters is 1. The predicted octanol–water partition coefficient (Wildman–Crippen LogP) is 2.68. The van der Waals surface area contributed by atoms with Crippen LogP contribution in [0, 0.1) is 6.92 Å². The quantitative estimate of drug-likeness (QED) is 0.594. The monoisotopic (exact) mass is 412 g/mol. The van der Waals surface area contributed by atoms with Crippen LogP contribution in [0.3, 0.4) is 0 Å². The summed E-state index contributed by atoms with van der Waals surface area (Å²) in [6.45, 7) is 3.69. The van der Waals surface area contributed by atoms with Gasteiger partial charge in [0.25, 0.3) is 0 Å². The Morgan fingerprint density at radius 1 is 1.46 bits per heavy atom. The number of nitrogens with one attached hydrogen (secondary N) is 1. The summed E-state index contributed by atoms with van der Waals surface area (Å²) in [5.41, 5.74) is 1.58. The maximum Gasteiger partial charge on any atom is 0.333 e. The van der Waals surface area contributed by atoms with Crippen LogP contribution in [0.25, 0.3) is 0 Å². The molecule has 1 aromatic carbocycles. The van der Waals surface area contributed by atoms with Gasteiger partial charge in [0.15, 0.2) is 0 Å². The van der Waals surface area contributed by atoms with Gasteiger partial charge < -0.3 is 10.1 Å². The van der Waals surface area contributed by atoms with E-state index in [1.807, 2.05) is 19.1 Å². The Balaban J connectivity index is 2.05. The molecule has 8 heteroatoms. The Bertz CT molecular complexity index is 705. The summed E-state index contributed by atoms with van der Waals surface area (Å²) in [4.78, 5) is 37.0. The van der Waals surface area contributed by atoms with E-state index in [1.165, 1.54) is 22.7 Å². The molecule has 1 saturated heterocycles. The number of hydrogen-bond acceptors (Lipinski definition) is 5. The third kappa shape index (κ3) is 4.85. The molecule has 1 N–H and O–H groups in total. The molecule has 2 amide bonds. The number of rotatable bonds is 5.